The van der Waals surface area contributed by atoms with Crippen molar-refractivity contribution in [2.24, 2.45) is 0 Å². The lowest BCUT2D eigenvalue weighted by atomic mass is 10.2. The molecule has 0 bridgehead atoms. The minimum absolute atomic E-state index is 0. The van der Waals surface area contributed by atoms with E-state index in [1.54, 1.807) is 0 Å². The molecule has 0 spiro atoms. The molecule has 1 fully saturated rings. The van der Waals surface area contributed by atoms with Gasteiger partial charge in [-0.1, -0.05) is 0 Å². The van der Waals surface area contributed by atoms with Crippen molar-refractivity contribution in [3.63, 3.8) is 0 Å². The fourth-order valence-electron chi connectivity index (χ4n) is 1.95. The third-order valence-corrected chi connectivity index (χ3v) is 1.97. The Morgan fingerprint density at radius 1 is 1.09 bits per heavy atom. The van der Waals surface area contributed by atoms with Crippen LogP contribution in [0.15, 0.2) is 0 Å². The van der Waals surface area contributed by atoms with Crippen molar-refractivity contribution in [2.75, 3.05) is 27.2 Å². The van der Waals surface area contributed by atoms with Gasteiger partial charge in [-0.2, -0.15) is 0 Å². The van der Waals surface area contributed by atoms with Crippen LogP contribution in [0.3, 0.4) is 0 Å². The minimum Gasteiger partial charge on any atom is -0.870 e. The Labute approximate surface area is 68.9 Å². The third-order valence-electron chi connectivity index (χ3n) is 1.97. The van der Waals surface area contributed by atoms with Gasteiger partial charge in [-0.05, 0) is 13.8 Å². The molecule has 1 heterocycles. The van der Waals surface area contributed by atoms with Gasteiger partial charge in [-0.3, -0.25) is 0 Å². The van der Waals surface area contributed by atoms with E-state index in [1.165, 1.54) is 0 Å². The van der Waals surface area contributed by atoms with Gasteiger partial charge in [0.05, 0.1) is 14.1 Å². The Bertz CT molecular complexity index is 113. The van der Waals surface area contributed by atoms with E-state index in [2.05, 4.69) is 27.9 Å². The molecule has 0 saturated carbocycles. The topological polar surface area (TPSA) is 39.2 Å². The molecule has 0 aromatic rings. The molecule has 0 aromatic carbocycles. The van der Waals surface area contributed by atoms with E-state index in [-0.39, 0.29) is 5.48 Å². The number of hydrogen-bond acceptors (Lipinski definition) is 2. The molecule has 1 aliphatic rings. The van der Waals surface area contributed by atoms with Crippen LogP contribution < -0.4 is 0 Å². The second-order valence-corrected chi connectivity index (χ2v) is 4.06. The summed E-state index contributed by atoms with van der Waals surface area (Å²) in [7, 11) is 4.52. The molecular formula is C8H19NO2. The lowest BCUT2D eigenvalue weighted by Crippen LogP contribution is -2.54. The van der Waals surface area contributed by atoms with Crippen molar-refractivity contribution in [3.05, 3.63) is 0 Å². The second kappa shape index (κ2) is 3.52. The summed E-state index contributed by atoms with van der Waals surface area (Å²) in [6.07, 6.45) is 0.859. The number of morpholine rings is 1. The van der Waals surface area contributed by atoms with Gasteiger partial charge in [0.25, 0.3) is 0 Å². The lowest BCUT2D eigenvalue weighted by Gasteiger charge is -2.39. The normalized spacial score (nSPS) is 36.0. The maximum atomic E-state index is 5.61. The molecule has 1 aliphatic heterocycles. The van der Waals surface area contributed by atoms with Gasteiger partial charge in [-0.25, -0.2) is 0 Å². The first-order valence-corrected chi connectivity index (χ1v) is 3.97. The van der Waals surface area contributed by atoms with Crippen LogP contribution in [0.25, 0.3) is 0 Å². The first-order chi connectivity index (χ1) is 4.49. The van der Waals surface area contributed by atoms with Gasteiger partial charge in [0.2, 0.25) is 0 Å². The first-order valence-electron chi connectivity index (χ1n) is 3.97. The number of rotatable bonds is 0. The summed E-state index contributed by atoms with van der Waals surface area (Å²) in [5.74, 6) is 0. The summed E-state index contributed by atoms with van der Waals surface area (Å²) < 4.78 is 6.71. The monoisotopic (exact) mass is 161 g/mol. The Balaban J connectivity index is 0.000001000. The molecule has 2 atom stereocenters. The fraction of sp³-hybridized carbons (Fsp3) is 1.00. The maximum Gasteiger partial charge on any atom is 0.105 e. The van der Waals surface area contributed by atoms with Crippen molar-refractivity contribution in [3.8, 4) is 0 Å². The predicted molar refractivity (Wildman–Crippen MR) is 43.8 cm³/mol. The molecular weight excluding hydrogens is 142 g/mol. The predicted octanol–water partition coefficient (Wildman–Crippen LogP) is 0.693. The lowest BCUT2D eigenvalue weighted by molar-refractivity contribution is -0.905. The average molecular weight is 161 g/mol. The molecule has 0 aromatic heterocycles. The van der Waals surface area contributed by atoms with Crippen LogP contribution in [0.2, 0.25) is 0 Å². The van der Waals surface area contributed by atoms with Gasteiger partial charge in [0.1, 0.15) is 25.3 Å². The van der Waals surface area contributed by atoms with Crippen LogP contribution in [-0.2, 0) is 4.74 Å². The van der Waals surface area contributed by atoms with Crippen LogP contribution in [-0.4, -0.2) is 49.4 Å². The van der Waals surface area contributed by atoms with E-state index >= 15 is 0 Å². The van der Waals surface area contributed by atoms with E-state index < -0.39 is 0 Å². The quantitative estimate of drug-likeness (QED) is 0.490. The van der Waals surface area contributed by atoms with Crippen molar-refractivity contribution in [1.29, 1.82) is 0 Å². The van der Waals surface area contributed by atoms with E-state index in [4.69, 9.17) is 4.74 Å². The zero-order valence-electron chi connectivity index (χ0n) is 7.87. The molecule has 0 amide bonds. The van der Waals surface area contributed by atoms with Crippen LogP contribution in [0.4, 0.5) is 0 Å². The maximum absolute atomic E-state index is 5.61. The summed E-state index contributed by atoms with van der Waals surface area (Å²) in [5, 5.41) is 0. The smallest absolute Gasteiger partial charge is 0.105 e. The van der Waals surface area contributed by atoms with E-state index in [0.717, 1.165) is 17.6 Å². The van der Waals surface area contributed by atoms with Gasteiger partial charge in [0, 0.05) is 0 Å². The molecule has 3 heteroatoms. The Kier molecular flexibility index (Phi) is 3.48. The van der Waals surface area contributed by atoms with Gasteiger partial charge in [0.15, 0.2) is 0 Å². The molecule has 2 unspecified atom stereocenters. The van der Waals surface area contributed by atoms with Crippen LogP contribution >= 0.6 is 0 Å². The number of quaternary nitrogens is 1. The summed E-state index contributed by atoms with van der Waals surface area (Å²) in [6.45, 7) is 6.58. The van der Waals surface area contributed by atoms with Crippen molar-refractivity contribution in [2.45, 2.75) is 26.1 Å². The van der Waals surface area contributed by atoms with E-state index in [1.807, 2.05) is 0 Å². The number of likely N-dealkylation sites (N-methyl/N-ethyl adjacent to an activating group) is 1. The Morgan fingerprint density at radius 3 is 1.73 bits per heavy atom. The molecule has 68 valence electrons. The van der Waals surface area contributed by atoms with E-state index in [0.29, 0.717) is 12.2 Å². The summed E-state index contributed by atoms with van der Waals surface area (Å²) >= 11 is 0. The van der Waals surface area contributed by atoms with Gasteiger partial charge < -0.3 is 14.7 Å². The SMILES string of the molecule is CC1C[N+](C)(C)CC(C)O1.[OH-]. The molecule has 11 heavy (non-hydrogen) atoms. The third kappa shape index (κ3) is 3.18. The van der Waals surface area contributed by atoms with Gasteiger partial charge in [-0.15, -0.1) is 0 Å². The largest absolute Gasteiger partial charge is 0.870 e. The zero-order chi connectivity index (χ0) is 7.78. The fourth-order valence-corrected chi connectivity index (χ4v) is 1.95. The number of nitrogens with zero attached hydrogens (tertiary/aromatic N) is 1. The molecule has 3 nitrogen and oxygen atoms in total. The summed E-state index contributed by atoms with van der Waals surface area (Å²) in [4.78, 5) is 0. The highest BCUT2D eigenvalue weighted by molar-refractivity contribution is 4.60. The summed E-state index contributed by atoms with van der Waals surface area (Å²) in [6, 6.07) is 0. The minimum atomic E-state index is 0. The number of hydrogen-bond donors (Lipinski definition) is 0. The van der Waals surface area contributed by atoms with Crippen LogP contribution in [0.1, 0.15) is 13.8 Å². The first kappa shape index (κ1) is 10.9. The molecule has 0 aliphatic carbocycles. The van der Waals surface area contributed by atoms with Crippen LogP contribution in [0, 0.1) is 0 Å². The Hall–Kier alpha value is -0.120. The summed E-state index contributed by atoms with van der Waals surface area (Å²) in [5.41, 5.74) is 0. The highest BCUT2D eigenvalue weighted by Gasteiger charge is 2.29. The van der Waals surface area contributed by atoms with Gasteiger partial charge >= 0.3 is 0 Å². The Morgan fingerprint density at radius 2 is 1.45 bits per heavy atom. The molecule has 1 rings (SSSR count). The highest BCUT2D eigenvalue weighted by Crippen LogP contribution is 2.13. The van der Waals surface area contributed by atoms with Crippen molar-refractivity contribution >= 4 is 0 Å². The molecule has 1 N–H and O–H groups in total. The number of ether oxygens (including phenoxy) is 1. The molecule has 0 radical (unpaired) electrons. The van der Waals surface area contributed by atoms with Crippen molar-refractivity contribution in [1.82, 2.24) is 0 Å². The van der Waals surface area contributed by atoms with E-state index in [9.17, 15) is 0 Å². The van der Waals surface area contributed by atoms with Crippen LogP contribution in [0.5, 0.6) is 0 Å². The average Bonchev–Trinajstić information content (AvgIpc) is 1.54. The van der Waals surface area contributed by atoms with Crippen molar-refractivity contribution < 1.29 is 14.7 Å². The second-order valence-electron chi connectivity index (χ2n) is 4.06. The zero-order valence-corrected chi connectivity index (χ0v) is 7.87. The standard InChI is InChI=1S/C8H18NO.H2O/c1-7-5-9(3,4)6-8(2)10-7;/h7-8H,5-6H2,1-4H3;1H2/q+1;/p-1. The highest BCUT2D eigenvalue weighted by atomic mass is 16.5. The molecule has 1 saturated heterocycles.